The van der Waals surface area contributed by atoms with Gasteiger partial charge in [0.2, 0.25) is 0 Å². The van der Waals surface area contributed by atoms with Gasteiger partial charge in [0.05, 0.1) is 7.11 Å². The molecule has 0 radical (unpaired) electrons. The van der Waals surface area contributed by atoms with Gasteiger partial charge in [-0.2, -0.15) is 5.26 Å². The number of ether oxygens (including phenoxy) is 1. The Bertz CT molecular complexity index is 471. The van der Waals surface area contributed by atoms with E-state index in [1.165, 1.54) is 7.11 Å². The first-order valence-electron chi connectivity index (χ1n) is 6.18. The molecule has 1 aromatic heterocycles. The zero-order valence-corrected chi connectivity index (χ0v) is 10.4. The zero-order valence-electron chi connectivity index (χ0n) is 10.4. The van der Waals surface area contributed by atoms with Crippen LogP contribution in [0.4, 0.5) is 0 Å². The Morgan fingerprint density at radius 3 is 2.67 bits per heavy atom. The van der Waals surface area contributed by atoms with Gasteiger partial charge in [-0.15, -0.1) is 0 Å². The smallest absolute Gasteiger partial charge is 0.182 e. The van der Waals surface area contributed by atoms with E-state index in [0.717, 1.165) is 37.7 Å². The van der Waals surface area contributed by atoms with E-state index < -0.39 is 0 Å². The number of hydrogen-bond donors (Lipinski definition) is 0. The van der Waals surface area contributed by atoms with Crippen LogP contribution in [0.5, 0.6) is 5.75 Å². The van der Waals surface area contributed by atoms with Crippen molar-refractivity contribution in [2.45, 2.75) is 31.6 Å². The minimum Gasteiger partial charge on any atom is -0.494 e. The maximum absolute atomic E-state index is 10.7. The van der Waals surface area contributed by atoms with Crippen molar-refractivity contribution in [2.24, 2.45) is 5.92 Å². The fraction of sp³-hybridized carbons (Fsp3) is 0.500. The SMILES string of the molecule is COc1ccc([C@H]2CC[C@H](C=O)CC2)nc1C#N. The number of carbonyl (C=O) groups excluding carboxylic acids is 1. The average molecular weight is 244 g/mol. The van der Waals surface area contributed by atoms with Crippen molar-refractivity contribution < 1.29 is 9.53 Å². The van der Waals surface area contributed by atoms with Gasteiger partial charge in [0, 0.05) is 17.5 Å². The summed E-state index contributed by atoms with van der Waals surface area (Å²) in [7, 11) is 1.53. The summed E-state index contributed by atoms with van der Waals surface area (Å²) < 4.78 is 5.08. The largest absolute Gasteiger partial charge is 0.494 e. The molecule has 0 saturated heterocycles. The summed E-state index contributed by atoms with van der Waals surface area (Å²) in [5.41, 5.74) is 1.28. The van der Waals surface area contributed by atoms with Gasteiger partial charge in [-0.25, -0.2) is 4.98 Å². The molecule has 2 rings (SSSR count). The quantitative estimate of drug-likeness (QED) is 0.766. The van der Waals surface area contributed by atoms with Crippen LogP contribution in [0.25, 0.3) is 0 Å². The van der Waals surface area contributed by atoms with Crippen LogP contribution in [-0.4, -0.2) is 18.4 Å². The van der Waals surface area contributed by atoms with E-state index in [1.54, 1.807) is 6.07 Å². The molecule has 1 aliphatic rings. The van der Waals surface area contributed by atoms with Crippen molar-refractivity contribution in [1.82, 2.24) is 4.98 Å². The topological polar surface area (TPSA) is 63.0 Å². The fourth-order valence-electron chi connectivity index (χ4n) is 2.48. The molecule has 0 spiro atoms. The maximum Gasteiger partial charge on any atom is 0.182 e. The molecule has 0 unspecified atom stereocenters. The lowest BCUT2D eigenvalue weighted by Gasteiger charge is -2.25. The maximum atomic E-state index is 10.7. The molecule has 0 N–H and O–H groups in total. The molecule has 1 fully saturated rings. The highest BCUT2D eigenvalue weighted by atomic mass is 16.5. The summed E-state index contributed by atoms with van der Waals surface area (Å²) in [5, 5.41) is 9.01. The predicted octanol–water partition coefficient (Wildman–Crippen LogP) is 2.43. The molecule has 18 heavy (non-hydrogen) atoms. The number of pyridine rings is 1. The molecule has 1 aromatic rings. The predicted molar refractivity (Wildman–Crippen MR) is 66.3 cm³/mol. The molecule has 4 heteroatoms. The first-order valence-corrected chi connectivity index (χ1v) is 6.18. The van der Waals surface area contributed by atoms with Gasteiger partial charge in [0.15, 0.2) is 11.4 Å². The molecule has 0 amide bonds. The van der Waals surface area contributed by atoms with Gasteiger partial charge in [-0.3, -0.25) is 0 Å². The summed E-state index contributed by atoms with van der Waals surface area (Å²) in [6.45, 7) is 0. The van der Waals surface area contributed by atoms with Gasteiger partial charge in [-0.1, -0.05) is 0 Å². The van der Waals surface area contributed by atoms with Gasteiger partial charge in [-0.05, 0) is 37.8 Å². The number of hydrogen-bond acceptors (Lipinski definition) is 4. The summed E-state index contributed by atoms with van der Waals surface area (Å²) in [6, 6.07) is 5.77. The molecule has 0 bridgehead atoms. The van der Waals surface area contributed by atoms with Crippen molar-refractivity contribution in [1.29, 1.82) is 5.26 Å². The molecule has 1 saturated carbocycles. The lowest BCUT2D eigenvalue weighted by molar-refractivity contribution is -0.111. The lowest BCUT2D eigenvalue weighted by atomic mass is 9.81. The van der Waals surface area contributed by atoms with E-state index in [0.29, 0.717) is 17.4 Å². The van der Waals surface area contributed by atoms with Gasteiger partial charge in [0.1, 0.15) is 12.4 Å². The van der Waals surface area contributed by atoms with Crippen LogP contribution < -0.4 is 4.74 Å². The highest BCUT2D eigenvalue weighted by Crippen LogP contribution is 2.34. The molecule has 0 atom stereocenters. The number of methoxy groups -OCH3 is 1. The first kappa shape index (κ1) is 12.6. The Kier molecular flexibility index (Phi) is 3.93. The van der Waals surface area contributed by atoms with Crippen LogP contribution in [0.3, 0.4) is 0 Å². The monoisotopic (exact) mass is 244 g/mol. The number of aldehydes is 1. The van der Waals surface area contributed by atoms with Crippen LogP contribution in [0.2, 0.25) is 0 Å². The van der Waals surface area contributed by atoms with Crippen molar-refractivity contribution in [3.8, 4) is 11.8 Å². The number of rotatable bonds is 3. The third kappa shape index (κ3) is 2.51. The molecule has 0 aromatic carbocycles. The highest BCUT2D eigenvalue weighted by molar-refractivity contribution is 5.53. The molecule has 4 nitrogen and oxygen atoms in total. The van der Waals surface area contributed by atoms with E-state index in [1.807, 2.05) is 6.07 Å². The third-order valence-corrected chi connectivity index (χ3v) is 3.59. The van der Waals surface area contributed by atoms with E-state index in [2.05, 4.69) is 11.1 Å². The third-order valence-electron chi connectivity index (χ3n) is 3.59. The molecule has 1 aliphatic carbocycles. The second-order valence-corrected chi connectivity index (χ2v) is 4.65. The minimum absolute atomic E-state index is 0.204. The number of carbonyl (C=O) groups is 1. The van der Waals surface area contributed by atoms with E-state index >= 15 is 0 Å². The number of nitrogens with zero attached hydrogens (tertiary/aromatic N) is 2. The average Bonchev–Trinajstić information content (AvgIpc) is 2.46. The summed E-state index contributed by atoms with van der Waals surface area (Å²) in [4.78, 5) is 15.1. The second-order valence-electron chi connectivity index (χ2n) is 4.65. The van der Waals surface area contributed by atoms with E-state index in [4.69, 9.17) is 10.00 Å². The summed E-state index contributed by atoms with van der Waals surface area (Å²) in [6.07, 6.45) is 4.83. The number of nitriles is 1. The van der Waals surface area contributed by atoms with Gasteiger partial charge < -0.3 is 9.53 Å². The fourth-order valence-corrected chi connectivity index (χ4v) is 2.48. The Morgan fingerprint density at radius 2 is 2.11 bits per heavy atom. The van der Waals surface area contributed by atoms with Crippen molar-refractivity contribution in [3.05, 3.63) is 23.5 Å². The molecular formula is C14H16N2O2. The summed E-state index contributed by atoms with van der Waals surface area (Å²) in [5.74, 6) is 1.08. The highest BCUT2D eigenvalue weighted by Gasteiger charge is 2.23. The molecule has 1 heterocycles. The van der Waals surface area contributed by atoms with Crippen LogP contribution in [-0.2, 0) is 4.79 Å². The van der Waals surface area contributed by atoms with Crippen LogP contribution >= 0.6 is 0 Å². The van der Waals surface area contributed by atoms with E-state index in [-0.39, 0.29) is 5.92 Å². The Hall–Kier alpha value is -1.89. The number of aromatic nitrogens is 1. The Labute approximate surface area is 107 Å². The van der Waals surface area contributed by atoms with Crippen LogP contribution in [0, 0.1) is 17.2 Å². The second kappa shape index (κ2) is 5.63. The molecule has 94 valence electrons. The van der Waals surface area contributed by atoms with Gasteiger partial charge in [0.25, 0.3) is 0 Å². The lowest BCUT2D eigenvalue weighted by Crippen LogP contribution is -2.15. The van der Waals surface area contributed by atoms with Crippen LogP contribution in [0.1, 0.15) is 43.0 Å². The molecule has 0 aliphatic heterocycles. The standard InChI is InChI=1S/C14H16N2O2/c1-18-14-7-6-12(16-13(14)8-15)11-4-2-10(9-17)3-5-11/h6-7,9-11H,2-5H2,1H3/t10-,11-. The molecular weight excluding hydrogens is 228 g/mol. The minimum atomic E-state index is 0.204. The Morgan fingerprint density at radius 1 is 1.39 bits per heavy atom. The zero-order chi connectivity index (χ0) is 13.0. The van der Waals surface area contributed by atoms with Crippen molar-refractivity contribution >= 4 is 6.29 Å². The van der Waals surface area contributed by atoms with Crippen molar-refractivity contribution in [2.75, 3.05) is 7.11 Å². The van der Waals surface area contributed by atoms with E-state index in [9.17, 15) is 4.79 Å². The first-order chi connectivity index (χ1) is 8.78. The van der Waals surface area contributed by atoms with Crippen LogP contribution in [0.15, 0.2) is 12.1 Å². The summed E-state index contributed by atoms with van der Waals surface area (Å²) >= 11 is 0. The Balaban J connectivity index is 2.15. The van der Waals surface area contributed by atoms with Crippen molar-refractivity contribution in [3.63, 3.8) is 0 Å². The van der Waals surface area contributed by atoms with Gasteiger partial charge >= 0.3 is 0 Å². The normalized spacial score (nSPS) is 23.1.